The van der Waals surface area contributed by atoms with Crippen LogP contribution >= 0.6 is 0 Å². The van der Waals surface area contributed by atoms with E-state index >= 15 is 0 Å². The first-order chi connectivity index (χ1) is 8.19. The second-order valence-electron chi connectivity index (χ2n) is 4.44. The van der Waals surface area contributed by atoms with Crippen LogP contribution in [-0.2, 0) is 9.53 Å². The van der Waals surface area contributed by atoms with E-state index in [0.717, 1.165) is 25.7 Å². The Balaban J connectivity index is 4.14. The summed E-state index contributed by atoms with van der Waals surface area (Å²) in [5.41, 5.74) is 0. The van der Waals surface area contributed by atoms with Gasteiger partial charge in [-0.15, -0.1) is 0 Å². The summed E-state index contributed by atoms with van der Waals surface area (Å²) < 4.78 is 4.95. The number of amides is 1. The molecule has 0 aromatic carbocycles. The molecule has 4 heteroatoms. The molecule has 0 aliphatic carbocycles. The second-order valence-corrected chi connectivity index (χ2v) is 4.44. The van der Waals surface area contributed by atoms with Crippen LogP contribution < -0.4 is 5.32 Å². The zero-order valence-electron chi connectivity index (χ0n) is 11.4. The van der Waals surface area contributed by atoms with Crippen molar-refractivity contribution in [1.82, 2.24) is 5.32 Å². The molecule has 0 aliphatic heterocycles. The van der Waals surface area contributed by atoms with Gasteiger partial charge in [-0.1, -0.05) is 26.7 Å². The molecule has 0 heterocycles. The van der Waals surface area contributed by atoms with Gasteiger partial charge in [0.25, 0.3) is 0 Å². The summed E-state index contributed by atoms with van der Waals surface area (Å²) in [6.45, 7) is 4.70. The summed E-state index contributed by atoms with van der Waals surface area (Å²) in [6, 6.07) is -0.182. The lowest BCUT2D eigenvalue weighted by Gasteiger charge is -2.20. The monoisotopic (exact) mass is 245 g/mol. The van der Waals surface area contributed by atoms with Crippen LogP contribution in [0.5, 0.6) is 0 Å². The van der Waals surface area contributed by atoms with Gasteiger partial charge in [-0.25, -0.2) is 0 Å². The minimum absolute atomic E-state index is 0.0277. The van der Waals surface area contributed by atoms with Crippen molar-refractivity contribution in [2.24, 2.45) is 5.92 Å². The van der Waals surface area contributed by atoms with E-state index in [-0.39, 0.29) is 24.5 Å². The third-order valence-corrected chi connectivity index (χ3v) is 2.88. The summed E-state index contributed by atoms with van der Waals surface area (Å²) in [6.07, 6.45) is 4.52. The zero-order valence-corrected chi connectivity index (χ0v) is 11.4. The van der Waals surface area contributed by atoms with E-state index in [1.807, 2.05) is 0 Å². The van der Waals surface area contributed by atoms with E-state index in [1.165, 1.54) is 0 Å². The maximum Gasteiger partial charge on any atom is 0.223 e. The molecule has 0 rings (SSSR count). The highest BCUT2D eigenvalue weighted by atomic mass is 16.5. The fourth-order valence-corrected chi connectivity index (χ4v) is 1.89. The van der Waals surface area contributed by atoms with E-state index in [9.17, 15) is 9.90 Å². The predicted octanol–water partition coefficient (Wildman–Crippen LogP) is 1.72. The van der Waals surface area contributed by atoms with E-state index in [1.54, 1.807) is 7.11 Å². The first-order valence-corrected chi connectivity index (χ1v) is 6.59. The number of carbonyl (C=O) groups is 1. The number of rotatable bonds is 10. The highest BCUT2D eigenvalue weighted by molar-refractivity contribution is 5.78. The normalized spacial score (nSPS) is 12.8. The van der Waals surface area contributed by atoms with Gasteiger partial charge in [0, 0.05) is 19.6 Å². The molecule has 0 fully saturated rings. The molecule has 4 nitrogen and oxygen atoms in total. The summed E-state index contributed by atoms with van der Waals surface area (Å²) in [7, 11) is 1.62. The van der Waals surface area contributed by atoms with Crippen molar-refractivity contribution in [3.8, 4) is 0 Å². The van der Waals surface area contributed by atoms with Gasteiger partial charge in [0.2, 0.25) is 5.91 Å². The molecule has 0 radical (unpaired) electrons. The SMILES string of the molecule is CCCC(CCC)C(=O)NC(CO)CCOC. The molecular weight excluding hydrogens is 218 g/mol. The summed E-state index contributed by atoms with van der Waals surface area (Å²) in [5, 5.41) is 12.1. The number of methoxy groups -OCH3 is 1. The summed E-state index contributed by atoms with van der Waals surface area (Å²) in [5.74, 6) is 0.158. The van der Waals surface area contributed by atoms with Crippen LogP contribution in [0.4, 0.5) is 0 Å². The third kappa shape index (κ3) is 7.34. The smallest absolute Gasteiger partial charge is 0.223 e. The second kappa shape index (κ2) is 10.5. The van der Waals surface area contributed by atoms with Crippen LogP contribution in [0.15, 0.2) is 0 Å². The maximum absolute atomic E-state index is 12.0. The molecule has 0 aromatic heterocycles. The molecule has 0 saturated carbocycles. The number of hydrogen-bond donors (Lipinski definition) is 2. The molecule has 1 atom stereocenters. The van der Waals surface area contributed by atoms with Crippen LogP contribution in [0.25, 0.3) is 0 Å². The Kier molecular flexibility index (Phi) is 10.2. The average Bonchev–Trinajstić information content (AvgIpc) is 2.33. The Hall–Kier alpha value is -0.610. The van der Waals surface area contributed by atoms with Gasteiger partial charge in [-0.3, -0.25) is 4.79 Å². The Morgan fingerprint density at radius 1 is 1.24 bits per heavy atom. The fraction of sp³-hybridized carbons (Fsp3) is 0.923. The number of carbonyl (C=O) groups excluding carboxylic acids is 1. The van der Waals surface area contributed by atoms with Gasteiger partial charge in [0.05, 0.1) is 12.6 Å². The standard InChI is InChI=1S/C13H27NO3/c1-4-6-11(7-5-2)13(16)14-12(10-15)8-9-17-3/h11-12,15H,4-10H2,1-3H3,(H,14,16). The number of hydrogen-bond acceptors (Lipinski definition) is 3. The van der Waals surface area contributed by atoms with Gasteiger partial charge in [0.15, 0.2) is 0 Å². The van der Waals surface area contributed by atoms with Crippen LogP contribution in [-0.4, -0.2) is 37.4 Å². The highest BCUT2D eigenvalue weighted by Crippen LogP contribution is 2.14. The predicted molar refractivity (Wildman–Crippen MR) is 68.8 cm³/mol. The number of aliphatic hydroxyl groups excluding tert-OH is 1. The number of ether oxygens (including phenoxy) is 1. The van der Waals surface area contributed by atoms with Crippen molar-refractivity contribution in [3.05, 3.63) is 0 Å². The van der Waals surface area contributed by atoms with E-state index in [2.05, 4.69) is 19.2 Å². The van der Waals surface area contributed by atoms with Gasteiger partial charge >= 0.3 is 0 Å². The van der Waals surface area contributed by atoms with Crippen LogP contribution in [0.3, 0.4) is 0 Å². The third-order valence-electron chi connectivity index (χ3n) is 2.88. The lowest BCUT2D eigenvalue weighted by molar-refractivity contribution is -0.126. The number of nitrogens with one attached hydrogen (secondary N) is 1. The molecule has 102 valence electrons. The van der Waals surface area contributed by atoms with Crippen molar-refractivity contribution in [3.63, 3.8) is 0 Å². The minimum Gasteiger partial charge on any atom is -0.394 e. The van der Waals surface area contributed by atoms with E-state index in [0.29, 0.717) is 13.0 Å². The van der Waals surface area contributed by atoms with Gasteiger partial charge in [-0.2, -0.15) is 0 Å². The van der Waals surface area contributed by atoms with Gasteiger partial charge < -0.3 is 15.2 Å². The zero-order chi connectivity index (χ0) is 13.1. The summed E-state index contributed by atoms with van der Waals surface area (Å²) >= 11 is 0. The van der Waals surface area contributed by atoms with Crippen molar-refractivity contribution in [2.75, 3.05) is 20.3 Å². The lowest BCUT2D eigenvalue weighted by Crippen LogP contribution is -2.41. The molecule has 17 heavy (non-hydrogen) atoms. The summed E-state index contributed by atoms with van der Waals surface area (Å²) in [4.78, 5) is 12.0. The Bertz CT molecular complexity index is 191. The molecule has 0 aromatic rings. The minimum atomic E-state index is -0.182. The molecule has 0 saturated heterocycles. The topological polar surface area (TPSA) is 58.6 Å². The Labute approximate surface area is 105 Å². The largest absolute Gasteiger partial charge is 0.394 e. The van der Waals surface area contributed by atoms with Crippen molar-refractivity contribution < 1.29 is 14.6 Å². The van der Waals surface area contributed by atoms with Crippen molar-refractivity contribution in [2.45, 2.75) is 52.0 Å². The van der Waals surface area contributed by atoms with Crippen molar-refractivity contribution in [1.29, 1.82) is 0 Å². The van der Waals surface area contributed by atoms with Crippen LogP contribution in [0.2, 0.25) is 0 Å². The fourth-order valence-electron chi connectivity index (χ4n) is 1.89. The first-order valence-electron chi connectivity index (χ1n) is 6.59. The maximum atomic E-state index is 12.0. The molecule has 0 spiro atoms. The van der Waals surface area contributed by atoms with Crippen LogP contribution in [0, 0.1) is 5.92 Å². The molecule has 1 unspecified atom stereocenters. The van der Waals surface area contributed by atoms with Crippen molar-refractivity contribution >= 4 is 5.91 Å². The number of aliphatic hydroxyl groups is 1. The Morgan fingerprint density at radius 2 is 1.82 bits per heavy atom. The average molecular weight is 245 g/mol. The lowest BCUT2D eigenvalue weighted by atomic mass is 9.97. The Morgan fingerprint density at radius 3 is 2.24 bits per heavy atom. The van der Waals surface area contributed by atoms with E-state index < -0.39 is 0 Å². The molecular formula is C13H27NO3. The molecule has 2 N–H and O–H groups in total. The molecule has 0 bridgehead atoms. The molecule has 0 aliphatic rings. The van der Waals surface area contributed by atoms with E-state index in [4.69, 9.17) is 4.74 Å². The van der Waals surface area contributed by atoms with Gasteiger partial charge in [0.1, 0.15) is 0 Å². The van der Waals surface area contributed by atoms with Crippen LogP contribution in [0.1, 0.15) is 46.0 Å². The first kappa shape index (κ1) is 16.4. The molecule has 1 amide bonds. The highest BCUT2D eigenvalue weighted by Gasteiger charge is 2.19. The quantitative estimate of drug-likeness (QED) is 0.616. The van der Waals surface area contributed by atoms with Gasteiger partial charge in [-0.05, 0) is 19.3 Å².